The van der Waals surface area contributed by atoms with Crippen LogP contribution in [0.1, 0.15) is 5.56 Å². The molecule has 124 valence electrons. The minimum atomic E-state index is -4.39. The summed E-state index contributed by atoms with van der Waals surface area (Å²) in [4.78, 5) is 9.01. The van der Waals surface area contributed by atoms with Crippen LogP contribution >= 0.6 is 11.8 Å². The Morgan fingerprint density at radius 2 is 1.79 bits per heavy atom. The fourth-order valence-electron chi connectivity index (χ4n) is 2.15. The van der Waals surface area contributed by atoms with Gasteiger partial charge in [-0.25, -0.2) is 4.98 Å². The summed E-state index contributed by atoms with van der Waals surface area (Å²) in [5.74, 6) is 0.126. The van der Waals surface area contributed by atoms with Gasteiger partial charge in [0, 0.05) is 15.2 Å². The summed E-state index contributed by atoms with van der Waals surface area (Å²) in [6.45, 7) is 0. The Kier molecular flexibility index (Phi) is 4.20. The van der Waals surface area contributed by atoms with Gasteiger partial charge in [0.2, 0.25) is 5.95 Å². The summed E-state index contributed by atoms with van der Waals surface area (Å²) in [6, 6.07) is 10.1. The lowest BCUT2D eigenvalue weighted by molar-refractivity contribution is -0.137. The van der Waals surface area contributed by atoms with Crippen molar-refractivity contribution in [2.45, 2.75) is 16.0 Å². The third-order valence-corrected chi connectivity index (χ3v) is 4.17. The first-order valence-corrected chi connectivity index (χ1v) is 7.51. The Hall–Kier alpha value is -2.52. The van der Waals surface area contributed by atoms with Crippen molar-refractivity contribution in [2.75, 3.05) is 11.2 Å². The van der Waals surface area contributed by atoms with Gasteiger partial charge in [0.25, 0.3) is 0 Å². The van der Waals surface area contributed by atoms with Gasteiger partial charge in [-0.15, -0.1) is 0 Å². The van der Waals surface area contributed by atoms with Crippen molar-refractivity contribution in [2.24, 2.45) is 0 Å². The van der Waals surface area contributed by atoms with Crippen molar-refractivity contribution in [1.29, 1.82) is 0 Å². The second-order valence-corrected chi connectivity index (χ2v) is 6.00. The average Bonchev–Trinajstić information content (AvgIpc) is 2.54. The highest BCUT2D eigenvalue weighted by Gasteiger charge is 2.30. The Morgan fingerprint density at radius 1 is 1.04 bits per heavy atom. The van der Waals surface area contributed by atoms with Crippen LogP contribution in [-0.4, -0.2) is 15.2 Å². The van der Waals surface area contributed by atoms with Gasteiger partial charge >= 0.3 is 6.18 Å². The fourth-order valence-corrected chi connectivity index (χ4v) is 3.06. The number of nitrogens with zero attached hydrogens (tertiary/aromatic N) is 2. The van der Waals surface area contributed by atoms with Gasteiger partial charge < -0.3 is 5.73 Å². The van der Waals surface area contributed by atoms with Crippen molar-refractivity contribution in [3.63, 3.8) is 0 Å². The number of halogens is 3. The normalized spacial score (nSPS) is 11.7. The highest BCUT2D eigenvalue weighted by Crippen LogP contribution is 2.35. The molecule has 0 saturated carbocycles. The van der Waals surface area contributed by atoms with Crippen LogP contribution in [0.3, 0.4) is 0 Å². The summed E-state index contributed by atoms with van der Waals surface area (Å²) < 4.78 is 38.3. The average molecular weight is 352 g/mol. The van der Waals surface area contributed by atoms with Crippen LogP contribution in [-0.2, 0) is 6.18 Å². The molecule has 1 aromatic heterocycles. The van der Waals surface area contributed by atoms with Crippen molar-refractivity contribution in [1.82, 2.24) is 9.97 Å². The molecule has 5 nitrogen and oxygen atoms in total. The van der Waals surface area contributed by atoms with Crippen molar-refractivity contribution < 1.29 is 18.4 Å². The Morgan fingerprint density at radius 3 is 2.50 bits per heavy atom. The summed E-state index contributed by atoms with van der Waals surface area (Å²) in [7, 11) is 0. The van der Waals surface area contributed by atoms with E-state index in [1.54, 1.807) is 24.3 Å². The van der Waals surface area contributed by atoms with E-state index >= 15 is 0 Å². The van der Waals surface area contributed by atoms with Gasteiger partial charge in [-0.2, -0.15) is 18.2 Å². The number of anilines is 2. The number of fused-ring (bicyclic) bond motifs is 1. The molecular weight excluding hydrogens is 341 g/mol. The second kappa shape index (κ2) is 6.17. The SMILES string of the molecule is Nc1nc(NO)c2cc(Sc3cccc(C(F)(F)F)c3)ccc2n1. The van der Waals surface area contributed by atoms with E-state index in [4.69, 9.17) is 10.9 Å². The highest BCUT2D eigenvalue weighted by atomic mass is 32.2. The number of nitrogens with one attached hydrogen (secondary N) is 1. The van der Waals surface area contributed by atoms with Gasteiger partial charge in [-0.3, -0.25) is 10.7 Å². The molecule has 0 amide bonds. The molecule has 0 spiro atoms. The monoisotopic (exact) mass is 352 g/mol. The lowest BCUT2D eigenvalue weighted by atomic mass is 10.2. The molecule has 0 atom stereocenters. The summed E-state index contributed by atoms with van der Waals surface area (Å²) in [5.41, 5.74) is 7.28. The van der Waals surface area contributed by atoms with Gasteiger partial charge in [0.1, 0.15) is 0 Å². The largest absolute Gasteiger partial charge is 0.416 e. The molecule has 0 fully saturated rings. The van der Waals surface area contributed by atoms with E-state index in [0.29, 0.717) is 20.7 Å². The number of hydrogen-bond acceptors (Lipinski definition) is 6. The maximum absolute atomic E-state index is 12.8. The van der Waals surface area contributed by atoms with E-state index in [9.17, 15) is 13.2 Å². The Balaban J connectivity index is 1.98. The van der Waals surface area contributed by atoms with Crippen LogP contribution < -0.4 is 11.2 Å². The van der Waals surface area contributed by atoms with Crippen LogP contribution in [0.5, 0.6) is 0 Å². The lowest BCUT2D eigenvalue weighted by Gasteiger charge is -2.10. The molecule has 24 heavy (non-hydrogen) atoms. The molecule has 0 aliphatic rings. The predicted molar refractivity (Wildman–Crippen MR) is 84.9 cm³/mol. The molecule has 9 heteroatoms. The van der Waals surface area contributed by atoms with Gasteiger partial charge in [-0.05, 0) is 36.4 Å². The van der Waals surface area contributed by atoms with Gasteiger partial charge in [0.05, 0.1) is 11.1 Å². The molecule has 3 rings (SSSR count). The number of rotatable bonds is 3. The van der Waals surface area contributed by atoms with Crippen LogP contribution in [0, 0.1) is 0 Å². The van der Waals surface area contributed by atoms with E-state index in [1.807, 2.05) is 5.48 Å². The third-order valence-electron chi connectivity index (χ3n) is 3.19. The van der Waals surface area contributed by atoms with Crippen LogP contribution in [0.15, 0.2) is 52.3 Å². The van der Waals surface area contributed by atoms with E-state index < -0.39 is 11.7 Å². The van der Waals surface area contributed by atoms with Gasteiger partial charge in [-0.1, -0.05) is 17.8 Å². The molecule has 0 radical (unpaired) electrons. The quantitative estimate of drug-likeness (QED) is 0.613. The van der Waals surface area contributed by atoms with E-state index in [-0.39, 0.29) is 11.8 Å². The Bertz CT molecular complexity index is 902. The minimum Gasteiger partial charge on any atom is -0.368 e. The van der Waals surface area contributed by atoms with Crippen LogP contribution in [0.2, 0.25) is 0 Å². The minimum absolute atomic E-state index is 0.00247. The number of hydrogen-bond donors (Lipinski definition) is 3. The Labute approximate surface area is 138 Å². The predicted octanol–water partition coefficient (Wildman–Crippen LogP) is 4.18. The maximum Gasteiger partial charge on any atom is 0.416 e. The lowest BCUT2D eigenvalue weighted by Crippen LogP contribution is -2.04. The zero-order chi connectivity index (χ0) is 17.3. The zero-order valence-electron chi connectivity index (χ0n) is 12.0. The molecule has 1 heterocycles. The highest BCUT2D eigenvalue weighted by molar-refractivity contribution is 7.99. The number of nitrogens with two attached hydrogens (primary N) is 1. The van der Waals surface area contributed by atoms with Crippen molar-refractivity contribution in [3.8, 4) is 0 Å². The van der Waals surface area contributed by atoms with Gasteiger partial charge in [0.15, 0.2) is 5.82 Å². The number of nitrogen functional groups attached to an aromatic ring is 1. The van der Waals surface area contributed by atoms with Crippen molar-refractivity contribution >= 4 is 34.4 Å². The molecule has 3 aromatic rings. The first-order valence-electron chi connectivity index (χ1n) is 6.69. The summed E-state index contributed by atoms with van der Waals surface area (Å²) in [6.07, 6.45) is -4.39. The maximum atomic E-state index is 12.8. The van der Waals surface area contributed by atoms with E-state index in [2.05, 4.69) is 9.97 Å². The van der Waals surface area contributed by atoms with Crippen LogP contribution in [0.25, 0.3) is 10.9 Å². The van der Waals surface area contributed by atoms with E-state index in [1.165, 1.54) is 6.07 Å². The number of aromatic nitrogens is 2. The molecule has 0 aliphatic carbocycles. The standard InChI is InChI=1S/C15H11F3N4OS/c16-15(17,18)8-2-1-3-9(6-8)24-10-4-5-12-11(7-10)13(22-23)21-14(19)20-12/h1-7,23H,(H3,19,20,21,22). The molecule has 2 aromatic carbocycles. The van der Waals surface area contributed by atoms with Crippen LogP contribution in [0.4, 0.5) is 24.9 Å². The van der Waals surface area contributed by atoms with Crippen molar-refractivity contribution in [3.05, 3.63) is 48.0 Å². The number of benzene rings is 2. The smallest absolute Gasteiger partial charge is 0.368 e. The molecule has 0 bridgehead atoms. The molecular formula is C15H11F3N4OS. The third kappa shape index (κ3) is 3.36. The first-order chi connectivity index (χ1) is 11.4. The topological polar surface area (TPSA) is 84.1 Å². The zero-order valence-corrected chi connectivity index (χ0v) is 12.8. The van der Waals surface area contributed by atoms with E-state index in [0.717, 1.165) is 23.9 Å². The summed E-state index contributed by atoms with van der Waals surface area (Å²) >= 11 is 1.16. The second-order valence-electron chi connectivity index (χ2n) is 4.85. The summed E-state index contributed by atoms with van der Waals surface area (Å²) in [5, 5.41) is 9.64. The molecule has 0 saturated heterocycles. The number of alkyl halides is 3. The fraction of sp³-hybridized carbons (Fsp3) is 0.0667. The molecule has 0 unspecified atom stereocenters. The first kappa shape index (κ1) is 16.3. The molecule has 0 aliphatic heterocycles. The molecule has 4 N–H and O–H groups in total.